The molecule has 1 saturated carbocycles. The van der Waals surface area contributed by atoms with Crippen molar-refractivity contribution in [2.45, 2.75) is 38.1 Å². The van der Waals surface area contributed by atoms with E-state index in [1.54, 1.807) is 23.3 Å². The molecule has 26 heavy (non-hydrogen) atoms. The van der Waals surface area contributed by atoms with E-state index in [2.05, 4.69) is 20.3 Å². The zero-order chi connectivity index (χ0) is 17.9. The Bertz CT molecular complexity index is 887. The quantitative estimate of drug-likeness (QED) is 0.753. The molecule has 0 spiro atoms. The van der Waals surface area contributed by atoms with Crippen LogP contribution in [0.1, 0.15) is 32.1 Å². The first kappa shape index (κ1) is 16.4. The number of nitrogens with zero attached hydrogens (tertiary/aromatic N) is 6. The Kier molecular flexibility index (Phi) is 4.47. The van der Waals surface area contributed by atoms with Gasteiger partial charge in [0.05, 0.1) is 6.04 Å². The summed E-state index contributed by atoms with van der Waals surface area (Å²) in [6, 6.07) is 9.82. The smallest absolute Gasteiger partial charge is 0.246 e. The number of rotatable bonds is 5. The summed E-state index contributed by atoms with van der Waals surface area (Å²) in [5.74, 6) is 0.732. The van der Waals surface area contributed by atoms with Crippen LogP contribution in [-0.4, -0.2) is 37.0 Å². The third kappa shape index (κ3) is 3.22. The Hall–Kier alpha value is -3.03. The van der Waals surface area contributed by atoms with Crippen LogP contribution in [0.2, 0.25) is 0 Å². The molecule has 2 N–H and O–H groups in total. The van der Waals surface area contributed by atoms with Crippen molar-refractivity contribution in [2.75, 3.05) is 5.01 Å². The Morgan fingerprint density at radius 1 is 1.12 bits per heavy atom. The van der Waals surface area contributed by atoms with Crippen LogP contribution in [0, 0.1) is 5.92 Å². The summed E-state index contributed by atoms with van der Waals surface area (Å²) in [7, 11) is 0. The van der Waals surface area contributed by atoms with Crippen molar-refractivity contribution in [2.24, 2.45) is 11.7 Å². The maximum absolute atomic E-state index is 11.2. The largest absolute Gasteiger partial charge is 0.370 e. The SMILES string of the molecule is NC(=O)CC1CCC(N(c2ncccn2)n2nnc3ccccc32)CC1. The molecule has 1 fully saturated rings. The molecule has 1 amide bonds. The van der Waals surface area contributed by atoms with Crippen molar-refractivity contribution in [1.82, 2.24) is 25.1 Å². The lowest BCUT2D eigenvalue weighted by molar-refractivity contribution is -0.119. The lowest BCUT2D eigenvalue weighted by Gasteiger charge is -2.36. The van der Waals surface area contributed by atoms with Gasteiger partial charge in [0, 0.05) is 18.8 Å². The lowest BCUT2D eigenvalue weighted by Crippen LogP contribution is -2.44. The minimum absolute atomic E-state index is 0.187. The van der Waals surface area contributed by atoms with Crippen molar-refractivity contribution >= 4 is 22.9 Å². The Morgan fingerprint density at radius 3 is 2.58 bits per heavy atom. The number of primary amides is 1. The number of benzene rings is 1. The van der Waals surface area contributed by atoms with E-state index in [1.807, 2.05) is 29.3 Å². The van der Waals surface area contributed by atoms with E-state index in [4.69, 9.17) is 5.73 Å². The van der Waals surface area contributed by atoms with Gasteiger partial charge in [0.1, 0.15) is 11.0 Å². The normalized spacial score (nSPS) is 20.2. The molecule has 134 valence electrons. The highest BCUT2D eigenvalue weighted by Gasteiger charge is 2.30. The van der Waals surface area contributed by atoms with Crippen molar-refractivity contribution in [1.29, 1.82) is 0 Å². The van der Waals surface area contributed by atoms with E-state index in [9.17, 15) is 4.79 Å². The zero-order valence-electron chi connectivity index (χ0n) is 14.4. The molecule has 8 heteroatoms. The van der Waals surface area contributed by atoms with Crippen LogP contribution in [0.3, 0.4) is 0 Å². The van der Waals surface area contributed by atoms with E-state index in [0.29, 0.717) is 18.3 Å². The van der Waals surface area contributed by atoms with E-state index >= 15 is 0 Å². The topological polar surface area (TPSA) is 103 Å². The van der Waals surface area contributed by atoms with Crippen LogP contribution < -0.4 is 10.7 Å². The average molecular weight is 351 g/mol. The number of aromatic nitrogens is 5. The standard InChI is InChI=1S/C18H21N7O/c19-17(26)12-13-6-8-14(9-7-13)24(18-20-10-3-11-21-18)25-16-5-2-1-4-15(16)22-23-25/h1-5,10-11,13-14H,6-9,12H2,(H2,19,26). The van der Waals surface area contributed by atoms with Crippen molar-refractivity contribution in [3.8, 4) is 0 Å². The first-order valence-electron chi connectivity index (χ1n) is 8.87. The van der Waals surface area contributed by atoms with Crippen molar-refractivity contribution in [3.63, 3.8) is 0 Å². The Morgan fingerprint density at radius 2 is 1.85 bits per heavy atom. The van der Waals surface area contributed by atoms with Gasteiger partial charge in [-0.15, -0.1) is 9.89 Å². The van der Waals surface area contributed by atoms with E-state index in [0.717, 1.165) is 36.7 Å². The number of hydrogen-bond acceptors (Lipinski definition) is 6. The van der Waals surface area contributed by atoms with Crippen LogP contribution in [0.25, 0.3) is 11.0 Å². The van der Waals surface area contributed by atoms with Gasteiger partial charge in [0.25, 0.3) is 0 Å². The first-order chi connectivity index (χ1) is 12.7. The molecule has 3 aromatic rings. The summed E-state index contributed by atoms with van der Waals surface area (Å²) in [6.45, 7) is 0. The number of carbonyl (C=O) groups excluding carboxylic acids is 1. The zero-order valence-corrected chi connectivity index (χ0v) is 14.4. The molecule has 1 aliphatic carbocycles. The van der Waals surface area contributed by atoms with E-state index < -0.39 is 0 Å². The van der Waals surface area contributed by atoms with Crippen LogP contribution in [0.5, 0.6) is 0 Å². The fraction of sp³-hybridized carbons (Fsp3) is 0.389. The fourth-order valence-corrected chi connectivity index (χ4v) is 3.71. The summed E-state index contributed by atoms with van der Waals surface area (Å²) in [4.78, 5) is 21.9. The molecule has 0 unspecified atom stereocenters. The van der Waals surface area contributed by atoms with Crippen molar-refractivity contribution < 1.29 is 4.79 Å². The molecule has 1 aromatic carbocycles. The molecular formula is C18H21N7O. The fourth-order valence-electron chi connectivity index (χ4n) is 3.71. The molecule has 0 atom stereocenters. The molecule has 1 aliphatic rings. The molecule has 0 bridgehead atoms. The maximum Gasteiger partial charge on any atom is 0.246 e. The number of para-hydroxylation sites is 1. The van der Waals surface area contributed by atoms with Gasteiger partial charge in [0.15, 0.2) is 0 Å². The highest BCUT2D eigenvalue weighted by atomic mass is 16.1. The first-order valence-corrected chi connectivity index (χ1v) is 8.87. The van der Waals surface area contributed by atoms with E-state index in [1.165, 1.54) is 0 Å². The van der Waals surface area contributed by atoms with Gasteiger partial charge in [-0.05, 0) is 55.0 Å². The second-order valence-corrected chi connectivity index (χ2v) is 6.71. The number of carbonyl (C=O) groups is 1. The van der Waals surface area contributed by atoms with Crippen LogP contribution in [0.15, 0.2) is 42.7 Å². The van der Waals surface area contributed by atoms with Gasteiger partial charge in [0.2, 0.25) is 11.9 Å². The minimum Gasteiger partial charge on any atom is -0.370 e. The Balaban J connectivity index is 1.66. The molecule has 0 radical (unpaired) electrons. The van der Waals surface area contributed by atoms with Crippen LogP contribution in [0.4, 0.5) is 5.95 Å². The monoisotopic (exact) mass is 351 g/mol. The molecule has 4 rings (SSSR count). The highest BCUT2D eigenvalue weighted by molar-refractivity contribution is 5.75. The molecule has 0 saturated heterocycles. The van der Waals surface area contributed by atoms with Gasteiger partial charge in [-0.2, -0.15) is 0 Å². The van der Waals surface area contributed by atoms with Crippen LogP contribution in [-0.2, 0) is 4.79 Å². The molecule has 8 nitrogen and oxygen atoms in total. The maximum atomic E-state index is 11.2. The van der Waals surface area contributed by atoms with Crippen molar-refractivity contribution in [3.05, 3.63) is 42.7 Å². The third-order valence-electron chi connectivity index (χ3n) is 4.95. The molecule has 2 heterocycles. The summed E-state index contributed by atoms with van der Waals surface area (Å²) in [5.41, 5.74) is 7.10. The predicted octanol–water partition coefficient (Wildman–Crippen LogP) is 1.93. The highest BCUT2D eigenvalue weighted by Crippen LogP contribution is 2.31. The molecular weight excluding hydrogens is 330 g/mol. The Labute approximate surface area is 151 Å². The predicted molar refractivity (Wildman–Crippen MR) is 97.0 cm³/mol. The molecule has 2 aromatic heterocycles. The van der Waals surface area contributed by atoms with Gasteiger partial charge < -0.3 is 5.73 Å². The summed E-state index contributed by atoms with van der Waals surface area (Å²) >= 11 is 0. The number of anilines is 1. The van der Waals surface area contributed by atoms with Gasteiger partial charge >= 0.3 is 0 Å². The number of fused-ring (bicyclic) bond motifs is 1. The van der Waals surface area contributed by atoms with Gasteiger partial charge in [-0.25, -0.2) is 15.0 Å². The van der Waals surface area contributed by atoms with Crippen LogP contribution >= 0.6 is 0 Å². The van der Waals surface area contributed by atoms with E-state index in [-0.39, 0.29) is 11.9 Å². The number of amides is 1. The summed E-state index contributed by atoms with van der Waals surface area (Å²) in [5, 5.41) is 10.6. The lowest BCUT2D eigenvalue weighted by atomic mass is 9.84. The average Bonchev–Trinajstić information content (AvgIpc) is 3.08. The minimum atomic E-state index is -0.223. The number of hydrogen-bond donors (Lipinski definition) is 1. The van der Waals surface area contributed by atoms with Gasteiger partial charge in [-0.3, -0.25) is 4.79 Å². The molecule has 0 aliphatic heterocycles. The third-order valence-corrected chi connectivity index (χ3v) is 4.95. The van der Waals surface area contributed by atoms with Gasteiger partial charge in [-0.1, -0.05) is 12.1 Å². The second kappa shape index (κ2) is 7.07. The number of nitrogens with two attached hydrogens (primary N) is 1. The second-order valence-electron chi connectivity index (χ2n) is 6.71. The summed E-state index contributed by atoms with van der Waals surface area (Å²) < 4.78 is 0. The summed E-state index contributed by atoms with van der Waals surface area (Å²) in [6.07, 6.45) is 7.66.